The molecule has 1 atom stereocenters. The van der Waals surface area contributed by atoms with Crippen LogP contribution in [0.15, 0.2) is 60.8 Å². The summed E-state index contributed by atoms with van der Waals surface area (Å²) in [4.78, 5) is 38.0. The summed E-state index contributed by atoms with van der Waals surface area (Å²) in [5, 5.41) is 0. The fraction of sp³-hybridized carbons (Fsp3) is 0.772. The summed E-state index contributed by atoms with van der Waals surface area (Å²) in [6.07, 6.45) is 63.5. The minimum Gasteiger partial charge on any atom is -0.462 e. The minimum absolute atomic E-state index is 0.0849. The molecule has 0 N–H and O–H groups in total. The summed E-state index contributed by atoms with van der Waals surface area (Å²) in [5.74, 6) is -0.913. The Morgan fingerprint density at radius 2 is 0.651 bits per heavy atom. The van der Waals surface area contributed by atoms with Gasteiger partial charge in [0.1, 0.15) is 13.2 Å². The molecule has 0 saturated carbocycles. The van der Waals surface area contributed by atoms with Crippen molar-refractivity contribution in [2.24, 2.45) is 0 Å². The second-order valence-corrected chi connectivity index (χ2v) is 17.8. The number of hydrogen-bond donors (Lipinski definition) is 0. The number of esters is 3. The number of allylic oxidation sites excluding steroid dienone is 10. The molecule has 0 rings (SSSR count). The first kappa shape index (κ1) is 60.1. The van der Waals surface area contributed by atoms with Crippen LogP contribution in [0, 0.1) is 0 Å². The Labute approximate surface area is 390 Å². The second-order valence-electron chi connectivity index (χ2n) is 17.8. The van der Waals surface area contributed by atoms with Gasteiger partial charge in [-0.1, -0.05) is 229 Å². The maximum Gasteiger partial charge on any atom is 0.306 e. The second kappa shape index (κ2) is 51.7. The first-order valence-electron chi connectivity index (χ1n) is 26.8. The lowest BCUT2D eigenvalue weighted by Gasteiger charge is -2.18. The van der Waals surface area contributed by atoms with E-state index in [-0.39, 0.29) is 31.1 Å². The third-order valence-electron chi connectivity index (χ3n) is 11.5. The molecular formula is C57H100O6. The van der Waals surface area contributed by atoms with Gasteiger partial charge in [-0.3, -0.25) is 14.4 Å². The van der Waals surface area contributed by atoms with E-state index < -0.39 is 6.10 Å². The molecule has 364 valence electrons. The highest BCUT2D eigenvalue weighted by Gasteiger charge is 2.19. The van der Waals surface area contributed by atoms with Crippen molar-refractivity contribution in [3.05, 3.63) is 60.8 Å². The average Bonchev–Trinajstić information content (AvgIpc) is 3.28. The predicted octanol–water partition coefficient (Wildman–Crippen LogP) is 17.6. The van der Waals surface area contributed by atoms with E-state index in [2.05, 4.69) is 81.5 Å². The molecule has 0 bridgehead atoms. The molecule has 6 nitrogen and oxygen atoms in total. The van der Waals surface area contributed by atoms with Crippen molar-refractivity contribution in [1.29, 1.82) is 0 Å². The van der Waals surface area contributed by atoms with Gasteiger partial charge in [0.2, 0.25) is 0 Å². The van der Waals surface area contributed by atoms with E-state index in [1.807, 2.05) is 0 Å². The molecule has 0 spiro atoms. The number of carbonyl (C=O) groups excluding carboxylic acids is 3. The number of carbonyl (C=O) groups is 3. The Kier molecular flexibility index (Phi) is 49.4. The first-order valence-corrected chi connectivity index (χ1v) is 26.8. The Morgan fingerprint density at radius 3 is 1.05 bits per heavy atom. The van der Waals surface area contributed by atoms with Gasteiger partial charge in [0.05, 0.1) is 0 Å². The summed E-state index contributed by atoms with van der Waals surface area (Å²) in [5.41, 5.74) is 0. The van der Waals surface area contributed by atoms with Gasteiger partial charge in [0, 0.05) is 19.3 Å². The standard InChI is InChI=1S/C57H100O6/c1-4-7-10-13-16-19-22-24-26-28-30-31-33-35-38-41-44-47-50-56(59)62-53-54(52-61-55(58)49-46-43-40-37-21-18-15-12-9-6-3)63-57(60)51-48-45-42-39-36-34-32-29-27-25-23-20-17-14-11-8-5-2/h8,11-12,15,17,20,25,27,32,34,54H,4-7,9-10,13-14,16,18-19,21-24,26,28-31,33,35-53H2,1-3H3/b11-8-,15-12-,20-17-,27-25-,34-32-. The third-order valence-corrected chi connectivity index (χ3v) is 11.5. The van der Waals surface area contributed by atoms with Crippen molar-refractivity contribution in [3.8, 4) is 0 Å². The monoisotopic (exact) mass is 881 g/mol. The molecule has 1 unspecified atom stereocenters. The van der Waals surface area contributed by atoms with Crippen LogP contribution in [0.5, 0.6) is 0 Å². The smallest absolute Gasteiger partial charge is 0.306 e. The zero-order valence-electron chi connectivity index (χ0n) is 41.6. The SMILES string of the molecule is CC/C=C\C/C=C\C/C=C\C/C=C\CCCCCCC(=O)OC(COC(=O)CCCCCCC/C=C\CCC)COC(=O)CCCCCCCCCCCCCCCCCCCC. The van der Waals surface area contributed by atoms with E-state index >= 15 is 0 Å². The molecule has 0 aromatic carbocycles. The van der Waals surface area contributed by atoms with Crippen LogP contribution in [-0.2, 0) is 28.6 Å². The normalized spacial score (nSPS) is 12.5. The summed E-state index contributed by atoms with van der Waals surface area (Å²) in [6.45, 7) is 6.45. The highest BCUT2D eigenvalue weighted by atomic mass is 16.6. The predicted molar refractivity (Wildman–Crippen MR) is 270 cm³/mol. The summed E-state index contributed by atoms with van der Waals surface area (Å²) >= 11 is 0. The lowest BCUT2D eigenvalue weighted by atomic mass is 10.0. The highest BCUT2D eigenvalue weighted by molar-refractivity contribution is 5.71. The number of hydrogen-bond acceptors (Lipinski definition) is 6. The van der Waals surface area contributed by atoms with Crippen LogP contribution < -0.4 is 0 Å². The van der Waals surface area contributed by atoms with Crippen molar-refractivity contribution < 1.29 is 28.6 Å². The summed E-state index contributed by atoms with van der Waals surface area (Å²) in [6, 6.07) is 0. The van der Waals surface area contributed by atoms with Gasteiger partial charge in [0.15, 0.2) is 6.10 Å². The van der Waals surface area contributed by atoms with E-state index in [9.17, 15) is 14.4 Å². The molecule has 6 heteroatoms. The molecular weight excluding hydrogens is 781 g/mol. The van der Waals surface area contributed by atoms with Crippen molar-refractivity contribution in [2.45, 2.75) is 271 Å². The van der Waals surface area contributed by atoms with Gasteiger partial charge in [-0.05, 0) is 77.0 Å². The Balaban J connectivity index is 4.35. The molecule has 0 heterocycles. The lowest BCUT2D eigenvalue weighted by Crippen LogP contribution is -2.30. The van der Waals surface area contributed by atoms with Crippen molar-refractivity contribution in [3.63, 3.8) is 0 Å². The molecule has 0 fully saturated rings. The van der Waals surface area contributed by atoms with Crippen LogP contribution in [0.4, 0.5) is 0 Å². The quantitative estimate of drug-likeness (QED) is 0.0262. The van der Waals surface area contributed by atoms with Crippen LogP contribution in [0.25, 0.3) is 0 Å². The zero-order valence-corrected chi connectivity index (χ0v) is 41.6. The van der Waals surface area contributed by atoms with Gasteiger partial charge in [-0.25, -0.2) is 0 Å². The van der Waals surface area contributed by atoms with Crippen molar-refractivity contribution >= 4 is 17.9 Å². The third kappa shape index (κ3) is 50.0. The lowest BCUT2D eigenvalue weighted by molar-refractivity contribution is -0.167. The van der Waals surface area contributed by atoms with E-state index in [0.29, 0.717) is 19.3 Å². The van der Waals surface area contributed by atoms with E-state index in [0.717, 1.165) is 109 Å². The first-order chi connectivity index (χ1) is 31.0. The molecule has 0 amide bonds. The van der Waals surface area contributed by atoms with Crippen LogP contribution in [0.3, 0.4) is 0 Å². The Hall–Kier alpha value is -2.89. The average molecular weight is 881 g/mol. The highest BCUT2D eigenvalue weighted by Crippen LogP contribution is 2.16. The molecule has 0 saturated heterocycles. The number of unbranched alkanes of at least 4 members (excludes halogenated alkanes) is 27. The molecule has 63 heavy (non-hydrogen) atoms. The van der Waals surface area contributed by atoms with Gasteiger partial charge in [0.25, 0.3) is 0 Å². The fourth-order valence-corrected chi connectivity index (χ4v) is 7.49. The van der Waals surface area contributed by atoms with Gasteiger partial charge < -0.3 is 14.2 Å². The zero-order chi connectivity index (χ0) is 45.8. The molecule has 0 aliphatic heterocycles. The minimum atomic E-state index is -0.787. The van der Waals surface area contributed by atoms with Crippen LogP contribution >= 0.6 is 0 Å². The summed E-state index contributed by atoms with van der Waals surface area (Å²) in [7, 11) is 0. The molecule has 0 aliphatic carbocycles. The molecule has 0 radical (unpaired) electrons. The molecule has 0 aliphatic rings. The maximum atomic E-state index is 12.8. The van der Waals surface area contributed by atoms with Gasteiger partial charge in [-0.2, -0.15) is 0 Å². The van der Waals surface area contributed by atoms with E-state index in [1.54, 1.807) is 0 Å². The number of rotatable bonds is 48. The van der Waals surface area contributed by atoms with Crippen LogP contribution in [0.2, 0.25) is 0 Å². The van der Waals surface area contributed by atoms with Gasteiger partial charge in [-0.15, -0.1) is 0 Å². The largest absolute Gasteiger partial charge is 0.462 e. The molecule has 0 aromatic rings. The van der Waals surface area contributed by atoms with E-state index in [1.165, 1.54) is 116 Å². The van der Waals surface area contributed by atoms with Crippen LogP contribution in [-0.4, -0.2) is 37.2 Å². The Morgan fingerprint density at radius 1 is 0.333 bits per heavy atom. The molecule has 0 aromatic heterocycles. The van der Waals surface area contributed by atoms with Gasteiger partial charge >= 0.3 is 17.9 Å². The van der Waals surface area contributed by atoms with Crippen molar-refractivity contribution in [2.75, 3.05) is 13.2 Å². The van der Waals surface area contributed by atoms with Crippen molar-refractivity contribution in [1.82, 2.24) is 0 Å². The summed E-state index contributed by atoms with van der Waals surface area (Å²) < 4.78 is 16.8. The Bertz CT molecular complexity index is 1150. The topological polar surface area (TPSA) is 78.9 Å². The maximum absolute atomic E-state index is 12.8. The fourth-order valence-electron chi connectivity index (χ4n) is 7.49. The number of ether oxygens (including phenoxy) is 3. The van der Waals surface area contributed by atoms with Crippen LogP contribution in [0.1, 0.15) is 265 Å². The van der Waals surface area contributed by atoms with E-state index in [4.69, 9.17) is 14.2 Å².